The molecule has 2 aliphatic heterocycles. The van der Waals surface area contributed by atoms with Gasteiger partial charge in [-0.3, -0.25) is 0 Å². The van der Waals surface area contributed by atoms with E-state index >= 15 is 0 Å². The summed E-state index contributed by atoms with van der Waals surface area (Å²) in [5.74, 6) is 0. The van der Waals surface area contributed by atoms with Gasteiger partial charge in [0.2, 0.25) is 0 Å². The molecule has 0 aliphatic carbocycles. The Hall–Kier alpha value is -2.29. The van der Waals surface area contributed by atoms with Crippen LogP contribution in [-0.4, -0.2) is 37.0 Å². The van der Waals surface area contributed by atoms with Gasteiger partial charge in [-0.1, -0.05) is 6.07 Å². The van der Waals surface area contributed by atoms with Gasteiger partial charge in [0, 0.05) is 23.3 Å². The third-order valence-electron chi connectivity index (χ3n) is 4.26. The predicted molar refractivity (Wildman–Crippen MR) is 86.6 cm³/mol. The molecule has 25 heavy (non-hydrogen) atoms. The molecule has 1 aromatic rings. The van der Waals surface area contributed by atoms with Crippen molar-refractivity contribution in [1.29, 1.82) is 0 Å². The van der Waals surface area contributed by atoms with Crippen molar-refractivity contribution in [1.82, 2.24) is 10.7 Å². The van der Waals surface area contributed by atoms with E-state index in [1.807, 2.05) is 6.92 Å². The number of carbonyl (C=O) groups is 1. The number of cyclic esters (lactones) is 1. The monoisotopic (exact) mass is 356 g/mol. The molecule has 0 radical (unpaired) electrons. The van der Waals surface area contributed by atoms with E-state index < -0.39 is 17.8 Å². The van der Waals surface area contributed by atoms with E-state index in [1.54, 1.807) is 6.07 Å². The fourth-order valence-corrected chi connectivity index (χ4v) is 3.03. The van der Waals surface area contributed by atoms with Crippen LogP contribution in [0.3, 0.4) is 0 Å². The molecular formula is C16H19F3N4O2. The van der Waals surface area contributed by atoms with Crippen LogP contribution in [0.2, 0.25) is 0 Å². The van der Waals surface area contributed by atoms with Gasteiger partial charge in [-0.05, 0) is 38.4 Å². The molecule has 136 valence electrons. The molecule has 3 rings (SSSR count). The summed E-state index contributed by atoms with van der Waals surface area (Å²) < 4.78 is 45.2. The predicted octanol–water partition coefficient (Wildman–Crippen LogP) is 2.70. The standard InChI is InChI=1S/C16H19F3N4O2/c1-9-6-11(4-5-20-9)21-13-3-2-10(7-12(13)16(17,18)19)14-8-25-15(24)23-22-14/h2-3,7,9,11,20-21H,4-6,8H2,1H3,(H,23,24). The molecule has 1 aromatic carbocycles. The Morgan fingerprint density at radius 3 is 2.80 bits per heavy atom. The third-order valence-corrected chi connectivity index (χ3v) is 4.26. The van der Waals surface area contributed by atoms with Gasteiger partial charge in [-0.2, -0.15) is 18.3 Å². The van der Waals surface area contributed by atoms with Crippen LogP contribution in [0.1, 0.15) is 30.9 Å². The Kier molecular flexibility index (Phi) is 4.85. The Morgan fingerprint density at radius 1 is 1.36 bits per heavy atom. The van der Waals surface area contributed by atoms with Crippen molar-refractivity contribution in [3.05, 3.63) is 29.3 Å². The molecule has 0 aromatic heterocycles. The summed E-state index contributed by atoms with van der Waals surface area (Å²) in [7, 11) is 0. The van der Waals surface area contributed by atoms with Gasteiger partial charge in [0.15, 0.2) is 0 Å². The summed E-state index contributed by atoms with van der Waals surface area (Å²) >= 11 is 0. The molecule has 1 amide bonds. The molecule has 3 N–H and O–H groups in total. The minimum absolute atomic E-state index is 0.0159. The number of rotatable bonds is 3. The molecule has 2 unspecified atom stereocenters. The van der Waals surface area contributed by atoms with Gasteiger partial charge in [-0.25, -0.2) is 10.2 Å². The maximum Gasteiger partial charge on any atom is 0.428 e. The lowest BCUT2D eigenvalue weighted by Gasteiger charge is -2.30. The number of hydrogen-bond donors (Lipinski definition) is 3. The maximum absolute atomic E-state index is 13.5. The minimum Gasteiger partial charge on any atom is -0.442 e. The number of nitrogens with zero attached hydrogens (tertiary/aromatic N) is 1. The van der Waals surface area contributed by atoms with Crippen molar-refractivity contribution in [3.8, 4) is 0 Å². The van der Waals surface area contributed by atoms with Crippen molar-refractivity contribution in [2.45, 2.75) is 38.0 Å². The summed E-state index contributed by atoms with van der Waals surface area (Å²) in [4.78, 5) is 10.9. The minimum atomic E-state index is -4.50. The molecule has 1 saturated heterocycles. The van der Waals surface area contributed by atoms with E-state index in [0.29, 0.717) is 0 Å². The summed E-state index contributed by atoms with van der Waals surface area (Å²) in [6.07, 6.45) is -3.71. The van der Waals surface area contributed by atoms with E-state index in [1.165, 1.54) is 6.07 Å². The first-order valence-corrected chi connectivity index (χ1v) is 8.04. The second kappa shape index (κ2) is 6.91. The smallest absolute Gasteiger partial charge is 0.428 e. The Labute approximate surface area is 142 Å². The normalized spacial score (nSPS) is 24.2. The highest BCUT2D eigenvalue weighted by molar-refractivity contribution is 6.04. The van der Waals surface area contributed by atoms with Gasteiger partial charge in [-0.15, -0.1) is 0 Å². The van der Waals surface area contributed by atoms with Crippen molar-refractivity contribution < 1.29 is 22.7 Å². The van der Waals surface area contributed by atoms with Crippen LogP contribution in [0.4, 0.5) is 23.7 Å². The average Bonchev–Trinajstić information content (AvgIpc) is 2.55. The van der Waals surface area contributed by atoms with Crippen LogP contribution in [-0.2, 0) is 10.9 Å². The number of piperidine rings is 1. The molecule has 1 fully saturated rings. The van der Waals surface area contributed by atoms with Crippen LogP contribution in [0.25, 0.3) is 0 Å². The number of anilines is 1. The Bertz CT molecular complexity index is 690. The molecule has 0 saturated carbocycles. The first-order chi connectivity index (χ1) is 11.8. The molecule has 0 bridgehead atoms. The zero-order valence-corrected chi connectivity index (χ0v) is 13.6. The molecule has 0 spiro atoms. The zero-order valence-electron chi connectivity index (χ0n) is 13.6. The van der Waals surface area contributed by atoms with E-state index in [4.69, 9.17) is 4.74 Å². The number of hydrogen-bond acceptors (Lipinski definition) is 5. The molecule has 6 nitrogen and oxygen atoms in total. The van der Waals surface area contributed by atoms with Crippen LogP contribution in [0, 0.1) is 0 Å². The number of alkyl halides is 3. The summed E-state index contributed by atoms with van der Waals surface area (Å²) in [6.45, 7) is 2.62. The number of amides is 1. The van der Waals surface area contributed by atoms with Crippen LogP contribution in [0.15, 0.2) is 23.3 Å². The number of carbonyl (C=O) groups excluding carboxylic acids is 1. The lowest BCUT2D eigenvalue weighted by atomic mass is 9.98. The van der Waals surface area contributed by atoms with Crippen molar-refractivity contribution in [3.63, 3.8) is 0 Å². The van der Waals surface area contributed by atoms with Crippen LogP contribution in [0.5, 0.6) is 0 Å². The van der Waals surface area contributed by atoms with E-state index in [-0.39, 0.29) is 35.7 Å². The van der Waals surface area contributed by atoms with Crippen molar-refractivity contribution in [2.75, 3.05) is 18.5 Å². The topological polar surface area (TPSA) is 74.8 Å². The summed E-state index contributed by atoms with van der Waals surface area (Å²) in [6, 6.07) is 4.23. The highest BCUT2D eigenvalue weighted by atomic mass is 19.4. The van der Waals surface area contributed by atoms with Gasteiger partial charge in [0.1, 0.15) is 12.3 Å². The third kappa shape index (κ3) is 4.22. The van der Waals surface area contributed by atoms with E-state index in [2.05, 4.69) is 21.2 Å². The number of nitrogens with one attached hydrogen (secondary N) is 3. The Balaban J connectivity index is 1.87. The first-order valence-electron chi connectivity index (χ1n) is 8.04. The molecule has 2 atom stereocenters. The Morgan fingerprint density at radius 2 is 2.16 bits per heavy atom. The lowest BCUT2D eigenvalue weighted by Crippen LogP contribution is -2.41. The van der Waals surface area contributed by atoms with Crippen LogP contribution < -0.4 is 16.1 Å². The number of ether oxygens (including phenoxy) is 1. The number of benzene rings is 1. The molecule has 2 heterocycles. The second-order valence-corrected chi connectivity index (χ2v) is 6.23. The SMILES string of the molecule is CC1CC(Nc2ccc(C3=NNC(=O)OC3)cc2C(F)(F)F)CCN1. The van der Waals surface area contributed by atoms with E-state index in [0.717, 1.165) is 25.5 Å². The fraction of sp³-hybridized carbons (Fsp3) is 0.500. The summed E-state index contributed by atoms with van der Waals surface area (Å²) in [5.41, 5.74) is 1.90. The largest absolute Gasteiger partial charge is 0.442 e. The zero-order chi connectivity index (χ0) is 18.0. The first kappa shape index (κ1) is 17.5. The molecular weight excluding hydrogens is 337 g/mol. The average molecular weight is 356 g/mol. The van der Waals surface area contributed by atoms with Crippen LogP contribution >= 0.6 is 0 Å². The number of hydrazone groups is 1. The highest BCUT2D eigenvalue weighted by Gasteiger charge is 2.35. The van der Waals surface area contributed by atoms with Gasteiger partial charge in [0.25, 0.3) is 0 Å². The van der Waals surface area contributed by atoms with E-state index in [9.17, 15) is 18.0 Å². The number of halogens is 3. The molecule has 2 aliphatic rings. The molecule has 9 heteroatoms. The van der Waals surface area contributed by atoms with Crippen molar-refractivity contribution in [2.24, 2.45) is 5.10 Å². The summed E-state index contributed by atoms with van der Waals surface area (Å²) in [5, 5.41) is 10.0. The van der Waals surface area contributed by atoms with Gasteiger partial charge in [0.05, 0.1) is 5.56 Å². The van der Waals surface area contributed by atoms with Crippen molar-refractivity contribution >= 4 is 17.5 Å². The highest BCUT2D eigenvalue weighted by Crippen LogP contribution is 2.36. The fourth-order valence-electron chi connectivity index (χ4n) is 3.03. The second-order valence-electron chi connectivity index (χ2n) is 6.23. The lowest BCUT2D eigenvalue weighted by molar-refractivity contribution is -0.137. The van der Waals surface area contributed by atoms with Gasteiger partial charge < -0.3 is 15.4 Å². The maximum atomic E-state index is 13.5. The quantitative estimate of drug-likeness (QED) is 0.779. The van der Waals surface area contributed by atoms with Gasteiger partial charge >= 0.3 is 12.3 Å².